The molecule has 0 spiro atoms. The molecule has 3 aromatic rings. The Morgan fingerprint density at radius 1 is 1.30 bits per heavy atom. The normalized spacial score (nSPS) is 11.7. The third-order valence-corrected chi connectivity index (χ3v) is 4.74. The lowest BCUT2D eigenvalue weighted by atomic mass is 10.2. The molecule has 0 saturated heterocycles. The highest BCUT2D eigenvalue weighted by Gasteiger charge is 2.31. The van der Waals surface area contributed by atoms with E-state index in [9.17, 15) is 18.0 Å². The van der Waals surface area contributed by atoms with Crippen molar-refractivity contribution in [1.29, 1.82) is 0 Å². The molecule has 1 amide bonds. The monoisotopic (exact) mass is 394 g/mol. The Bertz CT molecular complexity index is 941. The number of halogens is 3. The molecular formula is C18H17F3N4OS. The van der Waals surface area contributed by atoms with Crippen molar-refractivity contribution in [3.63, 3.8) is 0 Å². The fourth-order valence-corrected chi connectivity index (χ4v) is 3.43. The number of pyridine rings is 1. The van der Waals surface area contributed by atoms with Gasteiger partial charge in [-0.3, -0.25) is 9.78 Å². The van der Waals surface area contributed by atoms with Crippen molar-refractivity contribution >= 4 is 34.4 Å². The highest BCUT2D eigenvalue weighted by molar-refractivity contribution is 7.99. The van der Waals surface area contributed by atoms with Gasteiger partial charge in [-0.1, -0.05) is 18.7 Å². The molecule has 1 aromatic carbocycles. The number of hydrogen-bond acceptors (Lipinski definition) is 4. The van der Waals surface area contributed by atoms with E-state index in [1.54, 1.807) is 22.9 Å². The average molecular weight is 394 g/mol. The van der Waals surface area contributed by atoms with Gasteiger partial charge in [0.2, 0.25) is 5.91 Å². The Kier molecular flexibility index (Phi) is 5.69. The minimum Gasteiger partial charge on any atom is -0.324 e. The number of carbonyl (C=O) groups is 1. The number of nitrogens with one attached hydrogen (secondary N) is 1. The summed E-state index contributed by atoms with van der Waals surface area (Å²) in [6.07, 6.45) is -0.538. The van der Waals surface area contributed by atoms with Crippen molar-refractivity contribution in [3.8, 4) is 0 Å². The van der Waals surface area contributed by atoms with Gasteiger partial charge in [-0.05, 0) is 36.8 Å². The second-order valence-corrected chi connectivity index (χ2v) is 6.77. The Morgan fingerprint density at radius 3 is 2.78 bits per heavy atom. The van der Waals surface area contributed by atoms with Crippen molar-refractivity contribution < 1.29 is 18.0 Å². The van der Waals surface area contributed by atoms with Gasteiger partial charge in [0.05, 0.1) is 34.2 Å². The number of nitrogens with zero attached hydrogens (tertiary/aromatic N) is 3. The largest absolute Gasteiger partial charge is 0.416 e. The van der Waals surface area contributed by atoms with Crippen molar-refractivity contribution in [2.75, 3.05) is 11.1 Å². The number of anilines is 1. The predicted molar refractivity (Wildman–Crippen MR) is 98.6 cm³/mol. The van der Waals surface area contributed by atoms with Gasteiger partial charge in [0, 0.05) is 12.7 Å². The molecule has 2 heterocycles. The molecule has 0 aliphatic rings. The van der Waals surface area contributed by atoms with E-state index < -0.39 is 11.7 Å². The van der Waals surface area contributed by atoms with Crippen LogP contribution in [0.15, 0.2) is 47.9 Å². The van der Waals surface area contributed by atoms with Gasteiger partial charge in [-0.25, -0.2) is 4.98 Å². The number of rotatable bonds is 6. The van der Waals surface area contributed by atoms with Crippen LogP contribution >= 0.6 is 11.8 Å². The van der Waals surface area contributed by atoms with Crippen molar-refractivity contribution in [3.05, 3.63) is 48.3 Å². The molecule has 0 unspecified atom stereocenters. The number of imidazole rings is 1. The summed E-state index contributed by atoms with van der Waals surface area (Å²) in [5.74, 6) is -0.146. The molecule has 1 N–H and O–H groups in total. The summed E-state index contributed by atoms with van der Waals surface area (Å²) in [6, 6.07) is 6.93. The molecule has 3 rings (SSSR count). The first kappa shape index (κ1) is 19.2. The minimum atomic E-state index is -4.41. The third kappa shape index (κ3) is 4.60. The molecule has 9 heteroatoms. The van der Waals surface area contributed by atoms with Crippen molar-refractivity contribution in [2.45, 2.75) is 31.2 Å². The van der Waals surface area contributed by atoms with Crippen LogP contribution in [-0.4, -0.2) is 26.2 Å². The van der Waals surface area contributed by atoms with Crippen LogP contribution < -0.4 is 5.32 Å². The van der Waals surface area contributed by atoms with Gasteiger partial charge < -0.3 is 9.88 Å². The van der Waals surface area contributed by atoms with Gasteiger partial charge in [-0.15, -0.1) is 0 Å². The second kappa shape index (κ2) is 7.99. The van der Waals surface area contributed by atoms with E-state index in [4.69, 9.17) is 0 Å². The van der Waals surface area contributed by atoms with Crippen molar-refractivity contribution in [1.82, 2.24) is 14.5 Å². The quantitative estimate of drug-likeness (QED) is 0.621. The summed E-state index contributed by atoms with van der Waals surface area (Å²) in [6.45, 7) is 2.45. The number of alkyl halides is 3. The van der Waals surface area contributed by atoms with Crippen LogP contribution in [0.3, 0.4) is 0 Å². The number of aromatic nitrogens is 3. The third-order valence-electron chi connectivity index (χ3n) is 3.77. The van der Waals surface area contributed by atoms with Gasteiger partial charge in [0.15, 0.2) is 5.16 Å². The van der Waals surface area contributed by atoms with Crippen LogP contribution in [0.4, 0.5) is 18.9 Å². The van der Waals surface area contributed by atoms with E-state index in [0.717, 1.165) is 18.6 Å². The Balaban J connectivity index is 1.81. The standard InChI is InChI=1S/C18H17F3N4OS/c1-2-8-25-15-9-12(18(19,20)21)5-6-14(15)24-17(25)27-11-16(26)23-13-4-3-7-22-10-13/h3-7,9-10H,2,8,11H2,1H3,(H,23,26). The lowest BCUT2D eigenvalue weighted by Gasteiger charge is -2.09. The first-order valence-corrected chi connectivity index (χ1v) is 9.27. The van der Waals surface area contributed by atoms with E-state index in [2.05, 4.69) is 15.3 Å². The minimum absolute atomic E-state index is 0.0913. The predicted octanol–water partition coefficient (Wildman–Crippen LogP) is 4.59. The topological polar surface area (TPSA) is 59.8 Å². The van der Waals surface area contributed by atoms with Crippen LogP contribution in [0.5, 0.6) is 0 Å². The van der Waals surface area contributed by atoms with E-state index in [1.807, 2.05) is 6.92 Å². The molecule has 0 saturated carbocycles. The molecule has 0 atom stereocenters. The van der Waals surface area contributed by atoms with E-state index in [-0.39, 0.29) is 11.7 Å². The molecule has 2 aromatic heterocycles. The zero-order valence-electron chi connectivity index (χ0n) is 14.5. The number of hydrogen-bond donors (Lipinski definition) is 1. The summed E-state index contributed by atoms with van der Waals surface area (Å²) < 4.78 is 40.8. The SMILES string of the molecule is CCCn1c(SCC(=O)Nc2cccnc2)nc2ccc(C(F)(F)F)cc21. The van der Waals surface area contributed by atoms with Crippen LogP contribution in [0.2, 0.25) is 0 Å². The van der Waals surface area contributed by atoms with Crippen LogP contribution in [-0.2, 0) is 17.5 Å². The van der Waals surface area contributed by atoms with Crippen molar-refractivity contribution in [2.24, 2.45) is 0 Å². The average Bonchev–Trinajstić information content (AvgIpc) is 2.97. The lowest BCUT2D eigenvalue weighted by Crippen LogP contribution is -2.14. The Labute approximate surface area is 158 Å². The number of thioether (sulfide) groups is 1. The second-order valence-electron chi connectivity index (χ2n) is 5.83. The first-order valence-electron chi connectivity index (χ1n) is 8.28. The number of fused-ring (bicyclic) bond motifs is 1. The zero-order valence-corrected chi connectivity index (χ0v) is 15.3. The van der Waals surface area contributed by atoms with Gasteiger partial charge in [0.1, 0.15) is 0 Å². The van der Waals surface area contributed by atoms with Crippen LogP contribution in [0.25, 0.3) is 11.0 Å². The smallest absolute Gasteiger partial charge is 0.324 e. The molecule has 27 heavy (non-hydrogen) atoms. The zero-order chi connectivity index (χ0) is 19.4. The van der Waals surface area contributed by atoms with Crippen LogP contribution in [0.1, 0.15) is 18.9 Å². The number of aryl methyl sites for hydroxylation is 1. The lowest BCUT2D eigenvalue weighted by molar-refractivity contribution is -0.137. The van der Waals surface area contributed by atoms with Gasteiger partial charge >= 0.3 is 6.18 Å². The van der Waals surface area contributed by atoms with E-state index in [1.165, 1.54) is 24.0 Å². The molecule has 0 radical (unpaired) electrons. The van der Waals surface area contributed by atoms with Crippen LogP contribution in [0, 0.1) is 0 Å². The number of carbonyl (C=O) groups excluding carboxylic acids is 1. The molecular weight excluding hydrogens is 377 g/mol. The maximum absolute atomic E-state index is 13.0. The fraction of sp³-hybridized carbons (Fsp3) is 0.278. The first-order chi connectivity index (χ1) is 12.9. The van der Waals surface area contributed by atoms with E-state index >= 15 is 0 Å². The summed E-state index contributed by atoms with van der Waals surface area (Å²) in [4.78, 5) is 20.4. The molecule has 0 bridgehead atoms. The summed E-state index contributed by atoms with van der Waals surface area (Å²) in [5, 5.41) is 3.24. The summed E-state index contributed by atoms with van der Waals surface area (Å²) in [5.41, 5.74) is 0.770. The maximum Gasteiger partial charge on any atom is 0.416 e. The van der Waals surface area contributed by atoms with Gasteiger partial charge in [-0.2, -0.15) is 13.2 Å². The highest BCUT2D eigenvalue weighted by atomic mass is 32.2. The number of amides is 1. The maximum atomic E-state index is 13.0. The summed E-state index contributed by atoms with van der Waals surface area (Å²) in [7, 11) is 0. The Morgan fingerprint density at radius 2 is 2.11 bits per heavy atom. The molecule has 0 aliphatic heterocycles. The molecule has 142 valence electrons. The number of benzene rings is 1. The molecule has 5 nitrogen and oxygen atoms in total. The van der Waals surface area contributed by atoms with Gasteiger partial charge in [0.25, 0.3) is 0 Å². The summed E-state index contributed by atoms with van der Waals surface area (Å²) >= 11 is 1.19. The molecule has 0 aliphatic carbocycles. The Hall–Kier alpha value is -2.55. The van der Waals surface area contributed by atoms with E-state index in [0.29, 0.717) is 28.4 Å². The fourth-order valence-electron chi connectivity index (χ4n) is 2.59. The molecule has 0 fully saturated rings. The highest BCUT2D eigenvalue weighted by Crippen LogP contribution is 2.33.